The number of anilines is 2. The minimum Gasteiger partial charge on any atom is -0.325 e. The predicted octanol–water partition coefficient (Wildman–Crippen LogP) is 2.87. The van der Waals surface area contributed by atoms with Gasteiger partial charge in [-0.2, -0.15) is 5.10 Å². The van der Waals surface area contributed by atoms with Crippen molar-refractivity contribution in [3.8, 4) is 0 Å². The Kier molecular flexibility index (Phi) is 2.91. The summed E-state index contributed by atoms with van der Waals surface area (Å²) >= 11 is 6.15. The van der Waals surface area contributed by atoms with Crippen molar-refractivity contribution in [2.45, 2.75) is 38.1 Å². The largest absolute Gasteiger partial charge is 0.325 e. The Morgan fingerprint density at radius 2 is 1.96 bits per heavy atom. The van der Waals surface area contributed by atoms with Crippen LogP contribution < -0.4 is 10.6 Å². The Labute approximate surface area is 144 Å². The molecule has 7 heteroatoms. The molecular formula is C17H17ClN4O2. The number of nitrogens with zero attached hydrogens (tertiary/aromatic N) is 2. The zero-order chi connectivity index (χ0) is 17.3. The van der Waals surface area contributed by atoms with E-state index in [1.54, 1.807) is 29.1 Å². The van der Waals surface area contributed by atoms with Crippen LogP contribution in [-0.2, 0) is 20.5 Å². The lowest BCUT2D eigenvalue weighted by atomic mass is 9.72. The first-order chi connectivity index (χ1) is 11.2. The number of hydrogen-bond donors (Lipinski definition) is 2. The summed E-state index contributed by atoms with van der Waals surface area (Å²) in [5.41, 5.74) is 0.709. The highest BCUT2D eigenvalue weighted by Crippen LogP contribution is 2.50. The number of rotatable bonds is 0. The second-order valence-corrected chi connectivity index (χ2v) is 7.70. The van der Waals surface area contributed by atoms with Crippen LogP contribution in [0.25, 0.3) is 0 Å². The van der Waals surface area contributed by atoms with Crippen LogP contribution in [-0.4, -0.2) is 21.6 Å². The molecule has 2 amide bonds. The van der Waals surface area contributed by atoms with Gasteiger partial charge in [0.15, 0.2) is 0 Å². The van der Waals surface area contributed by atoms with Crippen molar-refractivity contribution in [2.24, 2.45) is 0 Å². The number of aromatic nitrogens is 2. The molecule has 0 saturated carbocycles. The van der Waals surface area contributed by atoms with Crippen molar-refractivity contribution in [1.82, 2.24) is 9.78 Å². The molecule has 124 valence electrons. The van der Waals surface area contributed by atoms with Gasteiger partial charge in [0, 0.05) is 22.7 Å². The van der Waals surface area contributed by atoms with Gasteiger partial charge in [0.25, 0.3) is 0 Å². The van der Waals surface area contributed by atoms with Crippen LogP contribution >= 0.6 is 11.6 Å². The SMILES string of the molecule is CC(C)(C)n1ncc2c1NC(=O)C[C@]21C(=O)Nc2ccc(Cl)cc21. The first-order valence-electron chi connectivity index (χ1n) is 7.74. The Balaban J connectivity index is 2.03. The number of carbonyl (C=O) groups excluding carboxylic acids is 2. The van der Waals surface area contributed by atoms with Gasteiger partial charge in [-0.15, -0.1) is 0 Å². The molecule has 0 radical (unpaired) electrons. The minimum atomic E-state index is -1.08. The first-order valence-corrected chi connectivity index (χ1v) is 8.11. The number of halogens is 1. The molecular weight excluding hydrogens is 328 g/mol. The van der Waals surface area contributed by atoms with Gasteiger partial charge < -0.3 is 10.6 Å². The number of hydrogen-bond acceptors (Lipinski definition) is 3. The molecule has 0 fully saturated rings. The van der Waals surface area contributed by atoms with Crippen LogP contribution in [0.5, 0.6) is 0 Å². The molecule has 4 rings (SSSR count). The fourth-order valence-corrected chi connectivity index (χ4v) is 3.75. The van der Waals surface area contributed by atoms with Crippen molar-refractivity contribution < 1.29 is 9.59 Å². The average molecular weight is 345 g/mol. The predicted molar refractivity (Wildman–Crippen MR) is 91.3 cm³/mol. The van der Waals surface area contributed by atoms with Crippen LogP contribution in [0.3, 0.4) is 0 Å². The molecule has 1 aromatic heterocycles. The summed E-state index contributed by atoms with van der Waals surface area (Å²) < 4.78 is 1.75. The summed E-state index contributed by atoms with van der Waals surface area (Å²) in [4.78, 5) is 25.4. The monoisotopic (exact) mass is 344 g/mol. The number of benzene rings is 1. The van der Waals surface area contributed by atoms with Crippen molar-refractivity contribution in [3.05, 3.63) is 40.5 Å². The third kappa shape index (κ3) is 1.86. The lowest BCUT2D eigenvalue weighted by Crippen LogP contribution is -2.44. The second kappa shape index (κ2) is 4.60. The maximum absolute atomic E-state index is 12.9. The van der Waals surface area contributed by atoms with Crippen LogP contribution in [0, 0.1) is 0 Å². The smallest absolute Gasteiger partial charge is 0.240 e. The fourth-order valence-electron chi connectivity index (χ4n) is 3.57. The molecule has 2 aliphatic heterocycles. The minimum absolute atomic E-state index is 0.0367. The molecule has 0 bridgehead atoms. The molecule has 0 unspecified atom stereocenters. The van der Waals surface area contributed by atoms with Crippen molar-refractivity contribution in [3.63, 3.8) is 0 Å². The van der Waals surface area contributed by atoms with E-state index in [9.17, 15) is 9.59 Å². The highest BCUT2D eigenvalue weighted by atomic mass is 35.5. The van der Waals surface area contributed by atoms with E-state index in [0.717, 1.165) is 5.56 Å². The average Bonchev–Trinajstić information content (AvgIpc) is 3.01. The van der Waals surface area contributed by atoms with Gasteiger partial charge in [-0.05, 0) is 44.5 Å². The third-order valence-corrected chi connectivity index (χ3v) is 4.86. The van der Waals surface area contributed by atoms with Crippen LogP contribution in [0.2, 0.25) is 5.02 Å². The van der Waals surface area contributed by atoms with Crippen LogP contribution in [0.1, 0.15) is 38.3 Å². The van der Waals surface area contributed by atoms with E-state index in [-0.39, 0.29) is 23.8 Å². The Morgan fingerprint density at radius 3 is 2.67 bits per heavy atom. The lowest BCUT2D eigenvalue weighted by Gasteiger charge is -2.33. The molecule has 0 aliphatic carbocycles. The third-order valence-electron chi connectivity index (χ3n) is 4.63. The van der Waals surface area contributed by atoms with E-state index in [2.05, 4.69) is 15.7 Å². The normalized spacial score (nSPS) is 22.2. The summed E-state index contributed by atoms with van der Waals surface area (Å²) in [5.74, 6) is 0.141. The van der Waals surface area contributed by atoms with Gasteiger partial charge in [-0.1, -0.05) is 11.6 Å². The molecule has 1 aromatic carbocycles. The van der Waals surface area contributed by atoms with Crippen LogP contribution in [0.15, 0.2) is 24.4 Å². The molecule has 1 spiro atoms. The highest BCUT2D eigenvalue weighted by molar-refractivity contribution is 6.31. The van der Waals surface area contributed by atoms with Gasteiger partial charge in [-0.25, -0.2) is 4.68 Å². The summed E-state index contributed by atoms with van der Waals surface area (Å²) in [6, 6.07) is 5.25. The van der Waals surface area contributed by atoms with Crippen molar-refractivity contribution in [2.75, 3.05) is 10.6 Å². The maximum atomic E-state index is 12.9. The topological polar surface area (TPSA) is 76.0 Å². The van der Waals surface area contributed by atoms with E-state index in [1.807, 2.05) is 20.8 Å². The summed E-state index contributed by atoms with van der Waals surface area (Å²) in [5, 5.41) is 10.7. The summed E-state index contributed by atoms with van der Waals surface area (Å²) in [6.45, 7) is 5.98. The van der Waals surface area contributed by atoms with Gasteiger partial charge in [0.05, 0.1) is 11.7 Å². The zero-order valence-electron chi connectivity index (χ0n) is 13.6. The van der Waals surface area contributed by atoms with E-state index < -0.39 is 5.41 Å². The number of fused-ring (bicyclic) bond motifs is 4. The van der Waals surface area contributed by atoms with Gasteiger partial charge >= 0.3 is 0 Å². The molecule has 2 N–H and O–H groups in total. The van der Waals surface area contributed by atoms with Gasteiger partial charge in [-0.3, -0.25) is 9.59 Å². The maximum Gasteiger partial charge on any atom is 0.240 e. The van der Waals surface area contributed by atoms with Crippen molar-refractivity contribution >= 4 is 34.9 Å². The lowest BCUT2D eigenvalue weighted by molar-refractivity contribution is -0.125. The summed E-state index contributed by atoms with van der Waals surface area (Å²) in [6.07, 6.45) is 1.71. The number of nitrogens with one attached hydrogen (secondary N) is 2. The Morgan fingerprint density at radius 1 is 1.21 bits per heavy atom. The molecule has 2 aliphatic rings. The van der Waals surface area contributed by atoms with Gasteiger partial charge in [0.1, 0.15) is 11.2 Å². The molecule has 1 atom stereocenters. The van der Waals surface area contributed by atoms with Crippen LogP contribution in [0.4, 0.5) is 11.5 Å². The molecule has 24 heavy (non-hydrogen) atoms. The summed E-state index contributed by atoms with van der Waals surface area (Å²) in [7, 11) is 0. The Bertz CT molecular complexity index is 896. The molecule has 3 heterocycles. The Hall–Kier alpha value is -2.34. The van der Waals surface area contributed by atoms with E-state index in [0.29, 0.717) is 22.1 Å². The standard InChI is InChI=1S/C17H17ClN4O2/c1-16(2,3)22-14-11(8-19-22)17(7-13(23)21-14)10-6-9(18)4-5-12(10)20-15(17)24/h4-6,8H,7H2,1-3H3,(H,20,24)(H,21,23)/t17-/m1/s1. The van der Waals surface area contributed by atoms with Gasteiger partial charge in [0.2, 0.25) is 11.8 Å². The quantitative estimate of drug-likeness (QED) is 0.771. The van der Waals surface area contributed by atoms with Crippen molar-refractivity contribution in [1.29, 1.82) is 0 Å². The van der Waals surface area contributed by atoms with E-state index >= 15 is 0 Å². The molecule has 0 saturated heterocycles. The molecule has 2 aromatic rings. The number of amides is 2. The van der Waals surface area contributed by atoms with E-state index in [1.165, 1.54) is 0 Å². The molecule has 6 nitrogen and oxygen atoms in total. The zero-order valence-corrected chi connectivity index (χ0v) is 14.4. The number of carbonyl (C=O) groups is 2. The fraction of sp³-hybridized carbons (Fsp3) is 0.353. The van der Waals surface area contributed by atoms with E-state index in [4.69, 9.17) is 11.6 Å². The highest BCUT2D eigenvalue weighted by Gasteiger charge is 2.54. The second-order valence-electron chi connectivity index (χ2n) is 7.26. The first kappa shape index (κ1) is 15.2.